The molecule has 1 saturated carbocycles. The summed E-state index contributed by atoms with van der Waals surface area (Å²) < 4.78 is 17.0. The summed E-state index contributed by atoms with van der Waals surface area (Å²) in [4.78, 5) is 15.9. The lowest BCUT2D eigenvalue weighted by atomic mass is 9.77. The summed E-state index contributed by atoms with van der Waals surface area (Å²) in [5.41, 5.74) is -0.172. The molecule has 1 N–H and O–H groups in total. The number of halogens is 1. The second-order valence-electron chi connectivity index (χ2n) is 8.55. The predicted molar refractivity (Wildman–Crippen MR) is 107 cm³/mol. The third kappa shape index (κ3) is 3.06. The number of rotatable bonds is 3. The normalized spacial score (nSPS) is 23.8. The molecule has 3 heterocycles. The van der Waals surface area contributed by atoms with Gasteiger partial charge in [-0.1, -0.05) is 31.0 Å². The fourth-order valence-electron chi connectivity index (χ4n) is 5.52. The highest BCUT2D eigenvalue weighted by atomic mass is 19.1. The molecule has 5 rings (SSSR count). The van der Waals surface area contributed by atoms with E-state index >= 15 is 0 Å². The van der Waals surface area contributed by atoms with Gasteiger partial charge in [-0.05, 0) is 31.7 Å². The van der Waals surface area contributed by atoms with E-state index in [4.69, 9.17) is 0 Å². The van der Waals surface area contributed by atoms with Gasteiger partial charge in [0.05, 0.1) is 11.5 Å². The Morgan fingerprint density at radius 2 is 1.93 bits per heavy atom. The number of fused-ring (bicyclic) bond motifs is 1. The van der Waals surface area contributed by atoms with Gasteiger partial charge in [-0.3, -0.25) is 4.79 Å². The van der Waals surface area contributed by atoms with E-state index in [0.29, 0.717) is 12.1 Å². The first-order chi connectivity index (χ1) is 14.2. The molecule has 1 atom stereocenters. The third-order valence-corrected chi connectivity index (χ3v) is 6.96. The van der Waals surface area contributed by atoms with Crippen LogP contribution in [0.15, 0.2) is 24.3 Å². The number of carbonyl (C=O) groups is 1. The molecule has 1 saturated heterocycles. The molecule has 2 fully saturated rings. The van der Waals surface area contributed by atoms with E-state index in [2.05, 4.69) is 20.1 Å². The zero-order valence-electron chi connectivity index (χ0n) is 16.7. The Kier molecular flexibility index (Phi) is 4.86. The van der Waals surface area contributed by atoms with Crippen molar-refractivity contribution in [3.8, 4) is 0 Å². The Morgan fingerprint density at radius 3 is 2.76 bits per heavy atom. The Labute approximate surface area is 170 Å². The van der Waals surface area contributed by atoms with E-state index in [1.54, 1.807) is 12.1 Å². The van der Waals surface area contributed by atoms with Crippen molar-refractivity contribution in [2.45, 2.75) is 62.9 Å². The molecule has 0 bridgehead atoms. The molecule has 0 unspecified atom stereocenters. The Morgan fingerprint density at radius 1 is 1.10 bits per heavy atom. The minimum absolute atomic E-state index is 0.0638. The number of nitrogens with one attached hydrogen (secondary N) is 1. The van der Waals surface area contributed by atoms with Gasteiger partial charge in [0, 0.05) is 38.2 Å². The average Bonchev–Trinajstić information content (AvgIpc) is 3.45. The van der Waals surface area contributed by atoms with Crippen LogP contribution < -0.4 is 5.32 Å². The van der Waals surface area contributed by atoms with Crippen LogP contribution >= 0.6 is 0 Å². The Balaban J connectivity index is 1.50. The molecule has 6 nitrogen and oxygen atoms in total. The zero-order chi connectivity index (χ0) is 19.8. The van der Waals surface area contributed by atoms with Crippen molar-refractivity contribution >= 4 is 5.91 Å². The van der Waals surface area contributed by atoms with E-state index in [-0.39, 0.29) is 17.8 Å². The van der Waals surface area contributed by atoms with Gasteiger partial charge in [0.1, 0.15) is 11.6 Å². The second-order valence-corrected chi connectivity index (χ2v) is 8.55. The SMILES string of the molecule is O=C(N1CCC[C@H]1c1nnc2n1CCNCC2)C1(c2ccccc2F)CCCC1. The van der Waals surface area contributed by atoms with Crippen LogP contribution in [0.5, 0.6) is 0 Å². The van der Waals surface area contributed by atoms with Crippen LogP contribution in [-0.4, -0.2) is 45.2 Å². The first-order valence-electron chi connectivity index (χ1n) is 10.9. The van der Waals surface area contributed by atoms with E-state index < -0.39 is 5.41 Å². The summed E-state index contributed by atoms with van der Waals surface area (Å²) in [6.07, 6.45) is 6.06. The molecule has 2 aliphatic heterocycles. The highest BCUT2D eigenvalue weighted by molar-refractivity contribution is 5.89. The summed E-state index contributed by atoms with van der Waals surface area (Å²) in [6.45, 7) is 3.33. The van der Waals surface area contributed by atoms with Gasteiger partial charge < -0.3 is 14.8 Å². The fourth-order valence-corrected chi connectivity index (χ4v) is 5.52. The van der Waals surface area contributed by atoms with Crippen molar-refractivity contribution in [3.05, 3.63) is 47.3 Å². The van der Waals surface area contributed by atoms with Crippen molar-refractivity contribution in [1.29, 1.82) is 0 Å². The van der Waals surface area contributed by atoms with E-state index in [9.17, 15) is 9.18 Å². The molecule has 3 aliphatic rings. The largest absolute Gasteiger partial charge is 0.332 e. The Hall–Kier alpha value is -2.28. The minimum atomic E-state index is -0.739. The van der Waals surface area contributed by atoms with Crippen LogP contribution in [-0.2, 0) is 23.2 Å². The lowest BCUT2D eigenvalue weighted by Gasteiger charge is -2.35. The molecule has 7 heteroatoms. The van der Waals surface area contributed by atoms with Crippen LogP contribution in [0.2, 0.25) is 0 Å². The molecular weight excluding hydrogens is 369 g/mol. The number of amides is 1. The standard InChI is InChI=1S/C22H28FN5O/c23-17-7-2-1-6-16(17)22(10-3-4-11-22)21(29)27-14-5-8-18(27)20-26-25-19-9-12-24-13-15-28(19)20/h1-2,6-7,18,24H,3-5,8-15H2/t18-/m0/s1. The summed E-state index contributed by atoms with van der Waals surface area (Å²) >= 11 is 0. The van der Waals surface area contributed by atoms with E-state index in [1.807, 2.05) is 11.0 Å². The van der Waals surface area contributed by atoms with Crippen molar-refractivity contribution in [2.24, 2.45) is 0 Å². The molecule has 29 heavy (non-hydrogen) atoms. The maximum absolute atomic E-state index is 14.8. The number of benzene rings is 1. The van der Waals surface area contributed by atoms with Crippen molar-refractivity contribution < 1.29 is 9.18 Å². The highest BCUT2D eigenvalue weighted by Crippen LogP contribution is 2.46. The number of carbonyl (C=O) groups excluding carboxylic acids is 1. The van der Waals surface area contributed by atoms with E-state index in [0.717, 1.165) is 76.2 Å². The van der Waals surface area contributed by atoms with Gasteiger partial charge >= 0.3 is 0 Å². The number of nitrogens with zero attached hydrogens (tertiary/aromatic N) is 4. The van der Waals surface area contributed by atoms with Crippen LogP contribution in [0.25, 0.3) is 0 Å². The van der Waals surface area contributed by atoms with Crippen LogP contribution in [0.3, 0.4) is 0 Å². The summed E-state index contributed by atoms with van der Waals surface area (Å²) in [5, 5.41) is 12.3. The monoisotopic (exact) mass is 397 g/mol. The molecule has 0 radical (unpaired) electrons. The molecule has 2 aromatic rings. The number of hydrogen-bond donors (Lipinski definition) is 1. The van der Waals surface area contributed by atoms with Crippen LogP contribution in [0, 0.1) is 5.82 Å². The van der Waals surface area contributed by atoms with Crippen molar-refractivity contribution in [2.75, 3.05) is 19.6 Å². The molecule has 1 aliphatic carbocycles. The predicted octanol–water partition coefficient (Wildman–Crippen LogP) is 2.74. The van der Waals surface area contributed by atoms with Gasteiger partial charge in [0.15, 0.2) is 5.82 Å². The summed E-state index contributed by atoms with van der Waals surface area (Å²) in [5.74, 6) is 1.71. The lowest BCUT2D eigenvalue weighted by Crippen LogP contribution is -2.46. The van der Waals surface area contributed by atoms with Gasteiger partial charge in [0.25, 0.3) is 0 Å². The number of hydrogen-bond acceptors (Lipinski definition) is 4. The quantitative estimate of drug-likeness (QED) is 0.865. The third-order valence-electron chi connectivity index (χ3n) is 6.96. The zero-order valence-corrected chi connectivity index (χ0v) is 16.7. The van der Waals surface area contributed by atoms with Crippen LogP contribution in [0.1, 0.15) is 61.8 Å². The number of likely N-dealkylation sites (tertiary alicyclic amines) is 1. The minimum Gasteiger partial charge on any atom is -0.332 e. The van der Waals surface area contributed by atoms with Gasteiger partial charge in [-0.15, -0.1) is 10.2 Å². The smallest absolute Gasteiger partial charge is 0.233 e. The summed E-state index contributed by atoms with van der Waals surface area (Å²) in [6, 6.07) is 6.77. The van der Waals surface area contributed by atoms with Crippen LogP contribution in [0.4, 0.5) is 4.39 Å². The maximum Gasteiger partial charge on any atom is 0.233 e. The molecular formula is C22H28FN5O. The first kappa shape index (κ1) is 18.7. The van der Waals surface area contributed by atoms with Gasteiger partial charge in [-0.25, -0.2) is 4.39 Å². The maximum atomic E-state index is 14.8. The molecule has 0 spiro atoms. The molecule has 1 amide bonds. The number of aromatic nitrogens is 3. The average molecular weight is 397 g/mol. The lowest BCUT2D eigenvalue weighted by molar-refractivity contribution is -0.138. The van der Waals surface area contributed by atoms with Gasteiger partial charge in [-0.2, -0.15) is 0 Å². The molecule has 1 aromatic carbocycles. The van der Waals surface area contributed by atoms with Crippen molar-refractivity contribution in [1.82, 2.24) is 25.0 Å². The highest BCUT2D eigenvalue weighted by Gasteiger charge is 2.49. The first-order valence-corrected chi connectivity index (χ1v) is 10.9. The topological polar surface area (TPSA) is 63.1 Å². The molecule has 154 valence electrons. The van der Waals surface area contributed by atoms with Crippen molar-refractivity contribution in [3.63, 3.8) is 0 Å². The fraction of sp³-hybridized carbons (Fsp3) is 0.591. The second kappa shape index (κ2) is 7.52. The molecule has 1 aromatic heterocycles. The van der Waals surface area contributed by atoms with E-state index in [1.165, 1.54) is 6.07 Å². The van der Waals surface area contributed by atoms with Gasteiger partial charge in [0.2, 0.25) is 5.91 Å². The summed E-state index contributed by atoms with van der Waals surface area (Å²) in [7, 11) is 0. The Bertz CT molecular complexity index is 904.